The third-order valence-electron chi connectivity index (χ3n) is 2.27. The second kappa shape index (κ2) is 7.13. The Morgan fingerprint density at radius 3 is 2.62 bits per heavy atom. The minimum atomic E-state index is -4.37. The molecule has 0 saturated carbocycles. The molecule has 0 saturated heterocycles. The number of nitro benzene ring substituents is 1. The van der Waals surface area contributed by atoms with Gasteiger partial charge in [-0.25, -0.2) is 0 Å². The van der Waals surface area contributed by atoms with Gasteiger partial charge in [-0.1, -0.05) is 0 Å². The van der Waals surface area contributed by atoms with Crippen LogP contribution < -0.4 is 16.6 Å². The first kappa shape index (κ1) is 17.0. The van der Waals surface area contributed by atoms with Gasteiger partial charge >= 0.3 is 5.51 Å². The van der Waals surface area contributed by atoms with Crippen LogP contribution >= 0.6 is 11.8 Å². The Bertz CT molecular complexity index is 539. The van der Waals surface area contributed by atoms with Gasteiger partial charge in [0.2, 0.25) is 0 Å². The van der Waals surface area contributed by atoms with Crippen molar-refractivity contribution in [2.24, 2.45) is 5.84 Å². The van der Waals surface area contributed by atoms with Gasteiger partial charge in [0.1, 0.15) is 0 Å². The fourth-order valence-corrected chi connectivity index (χ4v) is 1.82. The molecule has 0 spiro atoms. The maximum atomic E-state index is 11.9. The highest BCUT2D eigenvalue weighted by Gasteiger charge is 2.27. The van der Waals surface area contributed by atoms with Gasteiger partial charge in [-0.05, 0) is 17.8 Å². The van der Waals surface area contributed by atoms with Gasteiger partial charge in [0.15, 0.2) is 0 Å². The summed E-state index contributed by atoms with van der Waals surface area (Å²) in [5.74, 6) is 4.05. The Labute approximate surface area is 121 Å². The number of hydrogen-bond donors (Lipinski definition) is 3. The molecule has 0 heterocycles. The van der Waals surface area contributed by atoms with Crippen molar-refractivity contribution >= 4 is 29.0 Å². The molecule has 0 aliphatic heterocycles. The number of nitrogens with one attached hydrogen (secondary N) is 2. The zero-order chi connectivity index (χ0) is 16.0. The number of thioether (sulfide) groups is 1. The van der Waals surface area contributed by atoms with Crippen molar-refractivity contribution in [2.75, 3.05) is 17.7 Å². The standard InChI is InChI=1S/C10H11F3N4O3S/c11-10(12,13)21-4-3-15-9(18)7-5-6(17(19)20)1-2-8(7)16-14/h1-2,5,16H,3-4,14H2,(H,15,18). The van der Waals surface area contributed by atoms with Crippen LogP contribution in [0.3, 0.4) is 0 Å². The Balaban J connectivity index is 2.72. The van der Waals surface area contributed by atoms with Crippen molar-refractivity contribution < 1.29 is 22.9 Å². The van der Waals surface area contributed by atoms with Crippen molar-refractivity contribution in [3.05, 3.63) is 33.9 Å². The maximum Gasteiger partial charge on any atom is 0.441 e. The molecule has 0 radical (unpaired) electrons. The molecule has 1 aromatic carbocycles. The number of carbonyl (C=O) groups is 1. The Morgan fingerprint density at radius 2 is 2.10 bits per heavy atom. The average molecular weight is 324 g/mol. The van der Waals surface area contributed by atoms with Crippen LogP contribution in [0.25, 0.3) is 0 Å². The molecular weight excluding hydrogens is 313 g/mol. The van der Waals surface area contributed by atoms with Crippen LogP contribution in [-0.2, 0) is 0 Å². The lowest BCUT2D eigenvalue weighted by atomic mass is 10.1. The van der Waals surface area contributed by atoms with Crippen LogP contribution in [0.5, 0.6) is 0 Å². The van der Waals surface area contributed by atoms with E-state index in [9.17, 15) is 28.1 Å². The number of anilines is 1. The van der Waals surface area contributed by atoms with Crippen LogP contribution in [0.1, 0.15) is 10.4 Å². The molecule has 11 heteroatoms. The van der Waals surface area contributed by atoms with Crippen molar-refractivity contribution in [1.82, 2.24) is 5.32 Å². The number of halogens is 3. The number of rotatable bonds is 6. The van der Waals surface area contributed by atoms with E-state index in [4.69, 9.17) is 5.84 Å². The van der Waals surface area contributed by atoms with Crippen LogP contribution in [0.15, 0.2) is 18.2 Å². The maximum absolute atomic E-state index is 11.9. The van der Waals surface area contributed by atoms with Crippen molar-refractivity contribution in [1.29, 1.82) is 0 Å². The number of hydrazine groups is 1. The van der Waals surface area contributed by atoms with E-state index in [1.165, 1.54) is 6.07 Å². The monoisotopic (exact) mass is 324 g/mol. The normalized spacial score (nSPS) is 11.0. The van der Waals surface area contributed by atoms with Gasteiger partial charge < -0.3 is 10.7 Å². The number of nitrogen functional groups attached to an aromatic ring is 1. The number of non-ortho nitro benzene ring substituents is 1. The summed E-state index contributed by atoms with van der Waals surface area (Å²) >= 11 is -0.275. The molecule has 1 aromatic rings. The Hall–Kier alpha value is -2.01. The molecule has 0 aliphatic rings. The third kappa shape index (κ3) is 5.47. The average Bonchev–Trinajstić information content (AvgIpc) is 2.41. The summed E-state index contributed by atoms with van der Waals surface area (Å²) in [6, 6.07) is 3.37. The minimum Gasteiger partial charge on any atom is -0.351 e. The second-order valence-corrected chi connectivity index (χ2v) is 4.84. The lowest BCUT2D eigenvalue weighted by Gasteiger charge is -2.10. The number of hydrogen-bond acceptors (Lipinski definition) is 6. The lowest BCUT2D eigenvalue weighted by Crippen LogP contribution is -2.28. The number of nitrogens with zero attached hydrogens (tertiary/aromatic N) is 1. The third-order valence-corrected chi connectivity index (χ3v) is 3.00. The molecule has 0 unspecified atom stereocenters. The molecule has 0 aliphatic carbocycles. The topological polar surface area (TPSA) is 110 Å². The van der Waals surface area contributed by atoms with E-state index in [-0.39, 0.29) is 41.0 Å². The van der Waals surface area contributed by atoms with Gasteiger partial charge in [-0.2, -0.15) is 13.2 Å². The Kier molecular flexibility index (Phi) is 5.79. The van der Waals surface area contributed by atoms with Crippen molar-refractivity contribution in [2.45, 2.75) is 5.51 Å². The zero-order valence-corrected chi connectivity index (χ0v) is 11.3. The molecule has 4 N–H and O–H groups in total. The number of benzene rings is 1. The highest BCUT2D eigenvalue weighted by atomic mass is 32.2. The summed E-state index contributed by atoms with van der Waals surface area (Å²) in [6.07, 6.45) is 0. The highest BCUT2D eigenvalue weighted by Crippen LogP contribution is 2.29. The first-order valence-corrected chi connectivity index (χ1v) is 6.47. The molecule has 7 nitrogen and oxygen atoms in total. The summed E-state index contributed by atoms with van der Waals surface area (Å²) in [6.45, 7) is -0.240. The van der Waals surface area contributed by atoms with E-state index < -0.39 is 16.3 Å². The van der Waals surface area contributed by atoms with Crippen molar-refractivity contribution in [3.8, 4) is 0 Å². The molecule has 1 rings (SSSR count). The molecule has 0 aromatic heterocycles. The summed E-state index contributed by atoms with van der Waals surface area (Å²) in [5.41, 5.74) is -2.51. The molecule has 0 atom stereocenters. The molecule has 21 heavy (non-hydrogen) atoms. The summed E-state index contributed by atoms with van der Waals surface area (Å²) in [7, 11) is 0. The number of nitrogens with two attached hydrogens (primary N) is 1. The molecule has 0 fully saturated rings. The molecule has 1 amide bonds. The SMILES string of the molecule is NNc1ccc([N+](=O)[O-])cc1C(=O)NCCSC(F)(F)F. The van der Waals surface area contributed by atoms with Crippen LogP contribution in [0, 0.1) is 10.1 Å². The fraction of sp³-hybridized carbons (Fsp3) is 0.300. The minimum absolute atomic E-state index is 0.122. The predicted molar refractivity (Wildman–Crippen MR) is 71.8 cm³/mol. The van der Waals surface area contributed by atoms with Crippen LogP contribution in [-0.4, -0.2) is 28.6 Å². The van der Waals surface area contributed by atoms with Gasteiger partial charge in [-0.15, -0.1) is 0 Å². The summed E-state index contributed by atoms with van der Waals surface area (Å²) in [5, 5.41) is 12.9. The Morgan fingerprint density at radius 1 is 1.43 bits per heavy atom. The highest BCUT2D eigenvalue weighted by molar-refractivity contribution is 8.00. The molecule has 0 bridgehead atoms. The predicted octanol–water partition coefficient (Wildman–Crippen LogP) is 1.86. The largest absolute Gasteiger partial charge is 0.441 e. The zero-order valence-electron chi connectivity index (χ0n) is 10.4. The lowest BCUT2D eigenvalue weighted by molar-refractivity contribution is -0.384. The van der Waals surface area contributed by atoms with Crippen molar-refractivity contribution in [3.63, 3.8) is 0 Å². The first-order valence-electron chi connectivity index (χ1n) is 5.48. The van der Waals surface area contributed by atoms with E-state index in [1.807, 2.05) is 0 Å². The van der Waals surface area contributed by atoms with Gasteiger partial charge in [-0.3, -0.25) is 20.8 Å². The summed E-state index contributed by atoms with van der Waals surface area (Å²) in [4.78, 5) is 21.7. The van der Waals surface area contributed by atoms with E-state index in [0.29, 0.717) is 0 Å². The molecular formula is C10H11F3N4O3S. The summed E-state index contributed by atoms with van der Waals surface area (Å²) < 4.78 is 35.7. The van der Waals surface area contributed by atoms with Gasteiger partial charge in [0.25, 0.3) is 11.6 Å². The number of alkyl halides is 3. The number of amides is 1. The smallest absolute Gasteiger partial charge is 0.351 e. The van der Waals surface area contributed by atoms with E-state index in [1.54, 1.807) is 0 Å². The van der Waals surface area contributed by atoms with Gasteiger partial charge in [0.05, 0.1) is 16.2 Å². The van der Waals surface area contributed by atoms with Crippen LogP contribution in [0.2, 0.25) is 0 Å². The number of nitro groups is 1. The van der Waals surface area contributed by atoms with E-state index >= 15 is 0 Å². The van der Waals surface area contributed by atoms with Crippen LogP contribution in [0.4, 0.5) is 24.5 Å². The first-order chi connectivity index (χ1) is 9.74. The van der Waals surface area contributed by atoms with E-state index in [2.05, 4.69) is 10.7 Å². The van der Waals surface area contributed by atoms with Gasteiger partial charge in [0, 0.05) is 24.4 Å². The molecule has 116 valence electrons. The van der Waals surface area contributed by atoms with E-state index in [0.717, 1.165) is 12.1 Å². The quantitative estimate of drug-likeness (QED) is 0.319. The second-order valence-electron chi connectivity index (χ2n) is 3.68. The number of carbonyl (C=O) groups excluding carboxylic acids is 1. The fourth-order valence-electron chi connectivity index (χ4n) is 1.39.